The summed E-state index contributed by atoms with van der Waals surface area (Å²) in [7, 11) is 1.47. The maximum atomic E-state index is 14.2. The number of halogens is 1. The number of aromatic hydroxyl groups is 1. The van der Waals surface area contributed by atoms with Crippen molar-refractivity contribution >= 4 is 17.8 Å². The first-order valence-electron chi connectivity index (χ1n) is 9.22. The smallest absolute Gasteiger partial charge is 0.257 e. The second kappa shape index (κ2) is 8.34. The lowest BCUT2D eigenvalue weighted by atomic mass is 9.97. The average Bonchev–Trinajstić information content (AvgIpc) is 2.95. The molecule has 0 bridgehead atoms. The number of benzene rings is 2. The van der Waals surface area contributed by atoms with Crippen molar-refractivity contribution < 1.29 is 28.6 Å². The van der Waals surface area contributed by atoms with Crippen molar-refractivity contribution in [3.05, 3.63) is 58.4 Å². The van der Waals surface area contributed by atoms with Crippen LogP contribution in [0.1, 0.15) is 41.3 Å². The number of hydrogen-bond donors (Lipinski definition) is 2. The number of nitrogens with one attached hydrogen (secondary N) is 1. The van der Waals surface area contributed by atoms with Crippen LogP contribution in [0.15, 0.2) is 35.9 Å². The van der Waals surface area contributed by atoms with Crippen LogP contribution in [0.2, 0.25) is 0 Å². The zero-order chi connectivity index (χ0) is 21.1. The number of allylic oxidation sites excluding steroid dienone is 1. The number of likely N-dealkylation sites (N-methyl/N-ethyl adjacent to an activating group) is 1. The summed E-state index contributed by atoms with van der Waals surface area (Å²) in [6.07, 6.45) is 1.64. The van der Waals surface area contributed by atoms with E-state index in [0.717, 1.165) is 6.07 Å². The molecule has 0 saturated heterocycles. The molecular formula is C22H22FNO5. The number of amides is 1. The first kappa shape index (κ1) is 20.4. The van der Waals surface area contributed by atoms with Gasteiger partial charge in [0.05, 0.1) is 12.7 Å². The number of Topliss-reactive ketones (excluding diaryl/α,β-unsaturated/α-hetero) is 1. The highest BCUT2D eigenvalue weighted by Gasteiger charge is 2.36. The van der Waals surface area contributed by atoms with Crippen molar-refractivity contribution in [1.82, 2.24) is 5.32 Å². The summed E-state index contributed by atoms with van der Waals surface area (Å²) in [5, 5.41) is 12.6. The third-order valence-corrected chi connectivity index (χ3v) is 4.80. The van der Waals surface area contributed by atoms with E-state index in [9.17, 15) is 19.1 Å². The van der Waals surface area contributed by atoms with E-state index in [1.54, 1.807) is 31.2 Å². The van der Waals surface area contributed by atoms with E-state index >= 15 is 0 Å². The first-order valence-corrected chi connectivity index (χ1v) is 9.22. The van der Waals surface area contributed by atoms with Gasteiger partial charge in [0.15, 0.2) is 23.9 Å². The van der Waals surface area contributed by atoms with Gasteiger partial charge >= 0.3 is 0 Å². The second-order valence-electron chi connectivity index (χ2n) is 6.66. The number of phenolic OH excluding ortho intramolecular Hbond substituents is 1. The fourth-order valence-electron chi connectivity index (χ4n) is 3.40. The number of ether oxygens (including phenoxy) is 2. The van der Waals surface area contributed by atoms with Crippen LogP contribution in [0.25, 0.3) is 6.08 Å². The number of ketones is 1. The Hall–Kier alpha value is -3.35. The predicted molar refractivity (Wildman–Crippen MR) is 106 cm³/mol. The molecule has 0 heterocycles. The molecule has 1 atom stereocenters. The Morgan fingerprint density at radius 1 is 1.28 bits per heavy atom. The highest BCUT2D eigenvalue weighted by molar-refractivity contribution is 6.18. The van der Waals surface area contributed by atoms with E-state index < -0.39 is 17.5 Å². The van der Waals surface area contributed by atoms with Gasteiger partial charge in [-0.1, -0.05) is 13.0 Å². The molecule has 2 aromatic rings. The van der Waals surface area contributed by atoms with Crippen molar-refractivity contribution in [1.29, 1.82) is 0 Å². The van der Waals surface area contributed by atoms with Gasteiger partial charge in [-0.25, -0.2) is 4.39 Å². The maximum absolute atomic E-state index is 14.2. The number of carbonyl (C=O) groups is 2. The molecule has 152 valence electrons. The van der Waals surface area contributed by atoms with E-state index in [-0.39, 0.29) is 29.4 Å². The minimum atomic E-state index is -0.520. The third-order valence-electron chi connectivity index (χ3n) is 4.80. The van der Waals surface area contributed by atoms with Gasteiger partial charge in [0.1, 0.15) is 11.6 Å². The molecule has 2 aromatic carbocycles. The zero-order valence-corrected chi connectivity index (χ0v) is 16.4. The van der Waals surface area contributed by atoms with Gasteiger partial charge in [0, 0.05) is 23.6 Å². The summed E-state index contributed by atoms with van der Waals surface area (Å²) < 4.78 is 25.0. The number of methoxy groups -OCH3 is 1. The molecule has 1 amide bonds. The van der Waals surface area contributed by atoms with E-state index in [1.807, 2.05) is 6.92 Å². The van der Waals surface area contributed by atoms with Gasteiger partial charge in [-0.3, -0.25) is 9.59 Å². The molecule has 1 aliphatic rings. The molecule has 1 unspecified atom stereocenters. The monoisotopic (exact) mass is 399 g/mol. The summed E-state index contributed by atoms with van der Waals surface area (Å²) in [5.41, 5.74) is 1.24. The number of fused-ring (bicyclic) bond motifs is 1. The van der Waals surface area contributed by atoms with E-state index in [4.69, 9.17) is 9.47 Å². The summed E-state index contributed by atoms with van der Waals surface area (Å²) in [5.74, 6) is -1.11. The molecule has 6 nitrogen and oxygen atoms in total. The van der Waals surface area contributed by atoms with Crippen molar-refractivity contribution in [3.8, 4) is 17.2 Å². The molecule has 1 aliphatic carbocycles. The van der Waals surface area contributed by atoms with Gasteiger partial charge < -0.3 is 19.9 Å². The normalized spacial score (nSPS) is 16.6. The molecule has 2 N–H and O–H groups in total. The van der Waals surface area contributed by atoms with Gasteiger partial charge in [0.25, 0.3) is 5.91 Å². The van der Waals surface area contributed by atoms with Crippen molar-refractivity contribution in [2.75, 3.05) is 20.3 Å². The summed E-state index contributed by atoms with van der Waals surface area (Å²) in [6, 6.07) is 7.36. The molecule has 29 heavy (non-hydrogen) atoms. The molecule has 0 aliphatic heterocycles. The van der Waals surface area contributed by atoms with E-state index in [2.05, 4.69) is 5.32 Å². The van der Waals surface area contributed by atoms with E-state index in [0.29, 0.717) is 29.2 Å². The van der Waals surface area contributed by atoms with Gasteiger partial charge in [0.2, 0.25) is 0 Å². The fraction of sp³-hybridized carbons (Fsp3) is 0.273. The Kier molecular flexibility index (Phi) is 5.87. The quantitative estimate of drug-likeness (QED) is 0.727. The van der Waals surface area contributed by atoms with Crippen LogP contribution in [0.4, 0.5) is 4.39 Å². The van der Waals surface area contributed by atoms with Crippen LogP contribution in [0, 0.1) is 5.82 Å². The van der Waals surface area contributed by atoms with Crippen molar-refractivity contribution in [2.45, 2.75) is 19.8 Å². The largest absolute Gasteiger partial charge is 0.507 e. The molecule has 3 rings (SSSR count). The third kappa shape index (κ3) is 3.94. The minimum absolute atomic E-state index is 0.0117. The highest BCUT2D eigenvalue weighted by atomic mass is 19.1. The first-order chi connectivity index (χ1) is 13.9. The molecular weight excluding hydrogens is 377 g/mol. The van der Waals surface area contributed by atoms with Gasteiger partial charge in [-0.15, -0.1) is 0 Å². The zero-order valence-electron chi connectivity index (χ0n) is 16.4. The van der Waals surface area contributed by atoms with Crippen LogP contribution >= 0.6 is 0 Å². The Morgan fingerprint density at radius 3 is 2.69 bits per heavy atom. The fourth-order valence-corrected chi connectivity index (χ4v) is 3.40. The SMILES string of the molecule is CCNC(=O)COc1ccc(C=C2C(=O)c3c(O)ccc(F)c3C2C)cc1OC. The Labute approximate surface area is 168 Å². The number of phenols is 1. The van der Waals surface area contributed by atoms with Gasteiger partial charge in [-0.05, 0) is 42.8 Å². The molecule has 0 fully saturated rings. The van der Waals surface area contributed by atoms with Crippen LogP contribution in [0.5, 0.6) is 17.2 Å². The molecule has 0 spiro atoms. The van der Waals surface area contributed by atoms with Crippen LogP contribution in [-0.4, -0.2) is 37.1 Å². The summed E-state index contributed by atoms with van der Waals surface area (Å²) in [4.78, 5) is 24.3. The molecule has 0 radical (unpaired) electrons. The topological polar surface area (TPSA) is 84.9 Å². The van der Waals surface area contributed by atoms with Crippen LogP contribution in [0.3, 0.4) is 0 Å². The number of carbonyl (C=O) groups excluding carboxylic acids is 2. The van der Waals surface area contributed by atoms with Crippen LogP contribution < -0.4 is 14.8 Å². The molecule has 0 aromatic heterocycles. The lowest BCUT2D eigenvalue weighted by Gasteiger charge is -2.12. The van der Waals surface area contributed by atoms with E-state index in [1.165, 1.54) is 13.2 Å². The maximum Gasteiger partial charge on any atom is 0.257 e. The lowest BCUT2D eigenvalue weighted by Crippen LogP contribution is -2.28. The minimum Gasteiger partial charge on any atom is -0.507 e. The van der Waals surface area contributed by atoms with Crippen molar-refractivity contribution in [2.24, 2.45) is 0 Å². The van der Waals surface area contributed by atoms with Crippen LogP contribution in [-0.2, 0) is 4.79 Å². The number of hydrogen-bond acceptors (Lipinski definition) is 5. The standard InChI is InChI=1S/C22H22FNO5/c1-4-24-19(26)11-29-17-8-5-13(10-18(17)28-3)9-14-12(2)20-15(23)6-7-16(25)21(20)22(14)27/h5-10,12,25H,4,11H2,1-3H3,(H,24,26). The van der Waals surface area contributed by atoms with Gasteiger partial charge in [-0.2, -0.15) is 0 Å². The molecule has 7 heteroatoms. The highest BCUT2D eigenvalue weighted by Crippen LogP contribution is 2.43. The lowest BCUT2D eigenvalue weighted by molar-refractivity contribution is -0.123. The Morgan fingerprint density at radius 2 is 2.03 bits per heavy atom. The summed E-state index contributed by atoms with van der Waals surface area (Å²) in [6.45, 7) is 3.90. The Bertz CT molecular complexity index is 999. The molecule has 0 saturated carbocycles. The Balaban J connectivity index is 1.89. The van der Waals surface area contributed by atoms with Crippen molar-refractivity contribution in [3.63, 3.8) is 0 Å². The number of rotatable bonds is 6. The average molecular weight is 399 g/mol. The summed E-state index contributed by atoms with van der Waals surface area (Å²) >= 11 is 0. The second-order valence-corrected chi connectivity index (χ2v) is 6.66. The predicted octanol–water partition coefficient (Wildman–Crippen LogP) is 3.44.